The molecule has 2 atom stereocenters. The van der Waals surface area contributed by atoms with E-state index >= 15 is 0 Å². The van der Waals surface area contributed by atoms with Crippen molar-refractivity contribution in [3.63, 3.8) is 0 Å². The molecule has 0 aliphatic carbocycles. The number of sulfonamides is 1. The second-order valence-corrected chi connectivity index (χ2v) is 13.8. The number of nitrogens with zero attached hydrogens (tertiary/aromatic N) is 1. The average molecular weight is 611 g/mol. The maximum Gasteiger partial charge on any atom is 0.328 e. The highest BCUT2D eigenvalue weighted by atomic mass is 32.2. The second kappa shape index (κ2) is 13.4. The van der Waals surface area contributed by atoms with Crippen LogP contribution in [0.4, 0.5) is 4.79 Å². The summed E-state index contributed by atoms with van der Waals surface area (Å²) in [4.78, 5) is 38.2. The highest BCUT2D eigenvalue weighted by Crippen LogP contribution is 2.42. The minimum absolute atomic E-state index is 0.0324. The Labute approximate surface area is 249 Å². The van der Waals surface area contributed by atoms with Crippen LogP contribution in [0.3, 0.4) is 0 Å². The number of carboxylic acids is 1. The van der Waals surface area contributed by atoms with Crippen LogP contribution in [-0.2, 0) is 19.6 Å². The van der Waals surface area contributed by atoms with Gasteiger partial charge in [-0.2, -0.15) is 4.31 Å². The third-order valence-electron chi connectivity index (χ3n) is 7.06. The van der Waals surface area contributed by atoms with Crippen LogP contribution in [0.25, 0.3) is 0 Å². The third-order valence-corrected chi connectivity index (χ3v) is 10.4. The Morgan fingerprint density at radius 1 is 0.881 bits per heavy atom. The van der Waals surface area contributed by atoms with Gasteiger partial charge >= 0.3 is 12.0 Å². The zero-order valence-corrected chi connectivity index (χ0v) is 24.9. The maximum absolute atomic E-state index is 13.4. The molecule has 1 fully saturated rings. The number of rotatable bonds is 11. The largest absolute Gasteiger partial charge is 0.480 e. The molecule has 2 unspecified atom stereocenters. The average Bonchev–Trinajstić information content (AvgIpc) is 3.32. The van der Waals surface area contributed by atoms with Gasteiger partial charge in [-0.25, -0.2) is 18.0 Å². The van der Waals surface area contributed by atoms with Crippen LogP contribution in [-0.4, -0.2) is 71.5 Å². The lowest BCUT2D eigenvalue weighted by Crippen LogP contribution is -2.58. The SMILES string of the molecule is CC1(C)SCN(S(=O)(=O)c2ccccc2)C1C(=O)NC(CNC(=O)NCC(c1ccccc1)c1ccccc1)C(=O)O. The number of carbonyl (C=O) groups is 3. The molecule has 3 aromatic rings. The van der Waals surface area contributed by atoms with Gasteiger partial charge < -0.3 is 21.1 Å². The Morgan fingerprint density at radius 2 is 1.38 bits per heavy atom. The molecule has 4 N–H and O–H groups in total. The Hall–Kier alpha value is -3.87. The molecule has 0 aromatic heterocycles. The van der Waals surface area contributed by atoms with Crippen molar-refractivity contribution < 1.29 is 27.9 Å². The van der Waals surface area contributed by atoms with Crippen LogP contribution in [0, 0.1) is 0 Å². The highest BCUT2D eigenvalue weighted by Gasteiger charge is 2.51. The highest BCUT2D eigenvalue weighted by molar-refractivity contribution is 8.02. The van der Waals surface area contributed by atoms with Gasteiger partial charge in [0, 0.05) is 17.2 Å². The Morgan fingerprint density at radius 3 is 1.90 bits per heavy atom. The molecular formula is C30H34N4O6S2. The van der Waals surface area contributed by atoms with Gasteiger partial charge in [-0.1, -0.05) is 78.9 Å². The van der Waals surface area contributed by atoms with Crippen molar-refractivity contribution >= 4 is 39.7 Å². The monoisotopic (exact) mass is 610 g/mol. The van der Waals surface area contributed by atoms with Crippen molar-refractivity contribution in [1.82, 2.24) is 20.3 Å². The molecule has 4 rings (SSSR count). The molecule has 42 heavy (non-hydrogen) atoms. The molecule has 0 spiro atoms. The first-order chi connectivity index (χ1) is 20.0. The minimum atomic E-state index is -4.02. The molecule has 10 nitrogen and oxygen atoms in total. The van der Waals surface area contributed by atoms with Crippen molar-refractivity contribution in [2.45, 2.75) is 41.5 Å². The van der Waals surface area contributed by atoms with E-state index in [1.807, 2.05) is 60.7 Å². The quantitative estimate of drug-likeness (QED) is 0.261. The molecule has 0 saturated carbocycles. The van der Waals surface area contributed by atoms with Gasteiger partial charge in [0.1, 0.15) is 12.1 Å². The van der Waals surface area contributed by atoms with Crippen LogP contribution in [0.2, 0.25) is 0 Å². The number of hydrogen-bond acceptors (Lipinski definition) is 6. The summed E-state index contributed by atoms with van der Waals surface area (Å²) < 4.78 is 27.0. The van der Waals surface area contributed by atoms with E-state index in [-0.39, 0.29) is 23.2 Å². The normalized spacial score (nSPS) is 17.4. The van der Waals surface area contributed by atoms with E-state index in [0.29, 0.717) is 0 Å². The number of aliphatic carboxylic acids is 1. The summed E-state index contributed by atoms with van der Waals surface area (Å²) in [6, 6.07) is 23.9. The Balaban J connectivity index is 1.40. The van der Waals surface area contributed by atoms with Gasteiger partial charge in [0.15, 0.2) is 0 Å². The molecule has 1 heterocycles. The molecule has 1 aliphatic heterocycles. The van der Waals surface area contributed by atoms with Gasteiger partial charge in [-0.15, -0.1) is 11.8 Å². The van der Waals surface area contributed by atoms with E-state index in [0.717, 1.165) is 15.4 Å². The first kappa shape index (κ1) is 31.1. The van der Waals surface area contributed by atoms with Gasteiger partial charge in [0.25, 0.3) is 0 Å². The van der Waals surface area contributed by atoms with E-state index in [2.05, 4.69) is 16.0 Å². The summed E-state index contributed by atoms with van der Waals surface area (Å²) in [6.07, 6.45) is 0. The summed E-state index contributed by atoms with van der Waals surface area (Å²) >= 11 is 1.28. The lowest BCUT2D eigenvalue weighted by atomic mass is 9.91. The van der Waals surface area contributed by atoms with Crippen molar-refractivity contribution in [2.75, 3.05) is 19.0 Å². The number of thioether (sulfide) groups is 1. The minimum Gasteiger partial charge on any atom is -0.480 e. The number of urea groups is 1. The van der Waals surface area contributed by atoms with Crippen LogP contribution < -0.4 is 16.0 Å². The lowest BCUT2D eigenvalue weighted by molar-refractivity contribution is -0.142. The van der Waals surface area contributed by atoms with Crippen molar-refractivity contribution in [3.8, 4) is 0 Å². The topological polar surface area (TPSA) is 145 Å². The van der Waals surface area contributed by atoms with Crippen LogP contribution in [0.15, 0.2) is 95.9 Å². The number of carbonyl (C=O) groups excluding carboxylic acids is 2. The van der Waals surface area contributed by atoms with Crippen LogP contribution >= 0.6 is 11.8 Å². The number of carboxylic acid groups (broad SMARTS) is 1. The van der Waals surface area contributed by atoms with E-state index in [1.54, 1.807) is 32.0 Å². The van der Waals surface area contributed by atoms with E-state index < -0.39 is 51.3 Å². The molecule has 0 radical (unpaired) electrons. The first-order valence-electron chi connectivity index (χ1n) is 13.4. The molecular weight excluding hydrogens is 576 g/mol. The van der Waals surface area contributed by atoms with Crippen molar-refractivity contribution in [3.05, 3.63) is 102 Å². The maximum atomic E-state index is 13.4. The van der Waals surface area contributed by atoms with Gasteiger partial charge in [0.2, 0.25) is 15.9 Å². The zero-order valence-electron chi connectivity index (χ0n) is 23.3. The molecule has 12 heteroatoms. The molecule has 222 valence electrons. The van der Waals surface area contributed by atoms with Crippen molar-refractivity contribution in [2.24, 2.45) is 0 Å². The standard InChI is InChI=1S/C30H34N4O6S2/c1-30(2)26(34(20-41-30)42(39,40)23-16-10-5-11-17-23)27(35)33-25(28(36)37)19-32-29(38)31-18-24(21-12-6-3-7-13-21)22-14-8-4-9-15-22/h3-17,24-26H,18-20H2,1-2H3,(H,33,35)(H,36,37)(H2,31,32,38). The smallest absolute Gasteiger partial charge is 0.328 e. The predicted molar refractivity (Wildman–Crippen MR) is 161 cm³/mol. The fourth-order valence-electron chi connectivity index (χ4n) is 4.81. The fourth-order valence-corrected chi connectivity index (χ4v) is 8.00. The molecule has 1 aliphatic rings. The summed E-state index contributed by atoms with van der Waals surface area (Å²) in [5.41, 5.74) is 2.01. The van der Waals surface area contributed by atoms with Gasteiger partial charge in [-0.3, -0.25) is 4.79 Å². The molecule has 0 bridgehead atoms. The van der Waals surface area contributed by atoms with E-state index in [1.165, 1.54) is 23.9 Å². The Kier molecular flexibility index (Phi) is 9.92. The molecule has 1 saturated heterocycles. The number of hydrogen-bond donors (Lipinski definition) is 4. The third kappa shape index (κ3) is 7.30. The number of amides is 3. The van der Waals surface area contributed by atoms with Crippen LogP contribution in [0.5, 0.6) is 0 Å². The summed E-state index contributed by atoms with van der Waals surface area (Å²) in [5.74, 6) is -2.22. The molecule has 3 amide bonds. The fraction of sp³-hybridized carbons (Fsp3) is 0.300. The summed E-state index contributed by atoms with van der Waals surface area (Å²) in [5, 5.41) is 17.6. The first-order valence-corrected chi connectivity index (χ1v) is 15.8. The van der Waals surface area contributed by atoms with Gasteiger partial charge in [-0.05, 0) is 37.1 Å². The number of benzene rings is 3. The predicted octanol–water partition coefficient (Wildman–Crippen LogP) is 3.23. The summed E-state index contributed by atoms with van der Waals surface area (Å²) in [7, 11) is -4.02. The van der Waals surface area contributed by atoms with Gasteiger partial charge in [0.05, 0.1) is 17.3 Å². The van der Waals surface area contributed by atoms with E-state index in [4.69, 9.17) is 0 Å². The number of nitrogens with one attached hydrogen (secondary N) is 3. The summed E-state index contributed by atoms with van der Waals surface area (Å²) in [6.45, 7) is 3.32. The van der Waals surface area contributed by atoms with Crippen molar-refractivity contribution in [1.29, 1.82) is 0 Å². The zero-order chi connectivity index (χ0) is 30.3. The lowest BCUT2D eigenvalue weighted by Gasteiger charge is -2.31. The molecule has 3 aromatic carbocycles. The second-order valence-electron chi connectivity index (χ2n) is 10.3. The van der Waals surface area contributed by atoms with E-state index in [9.17, 15) is 27.9 Å². The Bertz CT molecular complexity index is 1450. The van der Waals surface area contributed by atoms with Crippen LogP contribution in [0.1, 0.15) is 30.9 Å².